The maximum atomic E-state index is 13.1. The summed E-state index contributed by atoms with van der Waals surface area (Å²) in [5, 5.41) is 3.34. The Labute approximate surface area is 169 Å². The van der Waals surface area contributed by atoms with Gasteiger partial charge in [0.2, 0.25) is 6.79 Å². The first-order chi connectivity index (χ1) is 14.3. The molecule has 5 rings (SSSR count). The smallest absolute Gasteiger partial charge is 0.259 e. The molecular formula is C23H21N3O3. The van der Waals surface area contributed by atoms with Gasteiger partial charge in [-0.25, -0.2) is 0 Å². The lowest BCUT2D eigenvalue weighted by molar-refractivity contribution is 0.0985. The molecule has 1 amide bonds. The third kappa shape index (κ3) is 3.49. The number of para-hydroxylation sites is 1. The van der Waals surface area contributed by atoms with E-state index in [1.54, 1.807) is 12.4 Å². The van der Waals surface area contributed by atoms with Gasteiger partial charge in [0, 0.05) is 31.2 Å². The molecule has 146 valence electrons. The Kier molecular flexibility index (Phi) is 4.52. The fourth-order valence-electron chi connectivity index (χ4n) is 3.81. The molecule has 3 aromatic rings. The van der Waals surface area contributed by atoms with Gasteiger partial charge in [-0.2, -0.15) is 0 Å². The summed E-state index contributed by atoms with van der Waals surface area (Å²) >= 11 is 0. The van der Waals surface area contributed by atoms with Gasteiger partial charge >= 0.3 is 0 Å². The van der Waals surface area contributed by atoms with E-state index in [1.165, 1.54) is 5.56 Å². The van der Waals surface area contributed by atoms with Crippen LogP contribution in [0.5, 0.6) is 11.5 Å². The van der Waals surface area contributed by atoms with E-state index in [4.69, 9.17) is 9.47 Å². The first kappa shape index (κ1) is 17.6. The van der Waals surface area contributed by atoms with Gasteiger partial charge in [-0.1, -0.05) is 24.3 Å². The third-order valence-corrected chi connectivity index (χ3v) is 5.27. The number of hydrogen-bond donors (Lipinski definition) is 1. The standard InChI is InChI=1S/C23H21N3O3/c27-23(26-9-3-5-17-4-1-2-6-20(17)26)18-11-19(14-24-13-18)25-12-16-7-8-21-22(10-16)29-15-28-21/h1-2,4,6-8,10-11,13-14,25H,3,5,9,12,15H2. The predicted molar refractivity (Wildman–Crippen MR) is 111 cm³/mol. The lowest BCUT2D eigenvalue weighted by Gasteiger charge is -2.29. The number of rotatable bonds is 4. The molecular weight excluding hydrogens is 366 g/mol. The topological polar surface area (TPSA) is 63.7 Å². The maximum absolute atomic E-state index is 13.1. The zero-order valence-corrected chi connectivity index (χ0v) is 15.9. The largest absolute Gasteiger partial charge is 0.454 e. The Morgan fingerprint density at radius 1 is 1.07 bits per heavy atom. The fourth-order valence-corrected chi connectivity index (χ4v) is 3.81. The van der Waals surface area contributed by atoms with Crippen molar-refractivity contribution in [3.8, 4) is 11.5 Å². The Morgan fingerprint density at radius 3 is 2.93 bits per heavy atom. The molecule has 6 heteroatoms. The second-order valence-electron chi connectivity index (χ2n) is 7.19. The first-order valence-corrected chi connectivity index (χ1v) is 9.75. The Morgan fingerprint density at radius 2 is 1.97 bits per heavy atom. The number of amides is 1. The highest BCUT2D eigenvalue weighted by Gasteiger charge is 2.23. The van der Waals surface area contributed by atoms with Crippen molar-refractivity contribution in [3.63, 3.8) is 0 Å². The summed E-state index contributed by atoms with van der Waals surface area (Å²) in [6.07, 6.45) is 5.34. The van der Waals surface area contributed by atoms with Gasteiger partial charge in [0.25, 0.3) is 5.91 Å². The van der Waals surface area contributed by atoms with Crippen LogP contribution in [0.15, 0.2) is 60.9 Å². The van der Waals surface area contributed by atoms with Gasteiger partial charge in [0.1, 0.15) is 0 Å². The molecule has 0 fully saturated rings. The summed E-state index contributed by atoms with van der Waals surface area (Å²) in [7, 11) is 0. The minimum absolute atomic E-state index is 0.0172. The van der Waals surface area contributed by atoms with E-state index in [0.717, 1.165) is 47.8 Å². The third-order valence-electron chi connectivity index (χ3n) is 5.27. The SMILES string of the molecule is O=C(c1cncc(NCc2ccc3c(c2)OCO3)c1)N1CCCc2ccccc21. The van der Waals surface area contributed by atoms with Gasteiger partial charge in [0.15, 0.2) is 11.5 Å². The highest BCUT2D eigenvalue weighted by molar-refractivity contribution is 6.07. The van der Waals surface area contributed by atoms with Crippen LogP contribution in [0.4, 0.5) is 11.4 Å². The number of nitrogens with zero attached hydrogens (tertiary/aromatic N) is 2. The van der Waals surface area contributed by atoms with Crippen LogP contribution in [0.25, 0.3) is 0 Å². The molecule has 0 atom stereocenters. The van der Waals surface area contributed by atoms with E-state index in [-0.39, 0.29) is 12.7 Å². The number of ether oxygens (including phenoxy) is 2. The lowest BCUT2D eigenvalue weighted by Crippen LogP contribution is -2.35. The van der Waals surface area contributed by atoms with Crippen LogP contribution >= 0.6 is 0 Å². The van der Waals surface area contributed by atoms with Crippen LogP contribution in [-0.2, 0) is 13.0 Å². The van der Waals surface area contributed by atoms with E-state index in [0.29, 0.717) is 12.1 Å². The van der Waals surface area contributed by atoms with Gasteiger partial charge in [-0.15, -0.1) is 0 Å². The van der Waals surface area contributed by atoms with Crippen molar-refractivity contribution in [2.24, 2.45) is 0 Å². The van der Waals surface area contributed by atoms with Crippen molar-refractivity contribution in [2.75, 3.05) is 23.6 Å². The van der Waals surface area contributed by atoms with Crippen molar-refractivity contribution in [3.05, 3.63) is 77.6 Å². The number of anilines is 2. The number of hydrogen-bond acceptors (Lipinski definition) is 5. The quantitative estimate of drug-likeness (QED) is 0.733. The van der Waals surface area contributed by atoms with E-state index in [2.05, 4.69) is 16.4 Å². The van der Waals surface area contributed by atoms with Crippen molar-refractivity contribution in [1.29, 1.82) is 0 Å². The number of carbonyl (C=O) groups excluding carboxylic acids is 1. The van der Waals surface area contributed by atoms with Crippen molar-refractivity contribution in [2.45, 2.75) is 19.4 Å². The molecule has 6 nitrogen and oxygen atoms in total. The molecule has 29 heavy (non-hydrogen) atoms. The van der Waals surface area contributed by atoms with Crippen LogP contribution in [-0.4, -0.2) is 24.2 Å². The number of carbonyl (C=O) groups is 1. The second-order valence-corrected chi connectivity index (χ2v) is 7.19. The van der Waals surface area contributed by atoms with E-state index in [1.807, 2.05) is 47.4 Å². The molecule has 2 aromatic carbocycles. The molecule has 0 saturated heterocycles. The molecule has 0 bridgehead atoms. The number of benzene rings is 2. The van der Waals surface area contributed by atoms with E-state index in [9.17, 15) is 4.79 Å². The average molecular weight is 387 g/mol. The summed E-state index contributed by atoms with van der Waals surface area (Å²) < 4.78 is 10.8. The molecule has 1 N–H and O–H groups in total. The van der Waals surface area contributed by atoms with Gasteiger partial charge < -0.3 is 19.7 Å². The van der Waals surface area contributed by atoms with Crippen LogP contribution in [0.1, 0.15) is 27.9 Å². The Bertz CT molecular complexity index is 1070. The maximum Gasteiger partial charge on any atom is 0.259 e. The Balaban J connectivity index is 1.32. The number of fused-ring (bicyclic) bond motifs is 2. The van der Waals surface area contributed by atoms with Crippen LogP contribution in [0, 0.1) is 0 Å². The summed E-state index contributed by atoms with van der Waals surface area (Å²) in [6.45, 7) is 1.59. The summed E-state index contributed by atoms with van der Waals surface area (Å²) in [4.78, 5) is 19.3. The highest BCUT2D eigenvalue weighted by atomic mass is 16.7. The average Bonchev–Trinajstić information content (AvgIpc) is 3.25. The number of pyridine rings is 1. The number of aryl methyl sites for hydroxylation is 1. The molecule has 0 spiro atoms. The zero-order chi connectivity index (χ0) is 19.6. The summed E-state index contributed by atoms with van der Waals surface area (Å²) in [6, 6.07) is 15.8. The van der Waals surface area contributed by atoms with E-state index < -0.39 is 0 Å². The lowest BCUT2D eigenvalue weighted by atomic mass is 10.0. The van der Waals surface area contributed by atoms with Gasteiger partial charge in [-0.3, -0.25) is 9.78 Å². The molecule has 0 saturated carbocycles. The number of aromatic nitrogens is 1. The van der Waals surface area contributed by atoms with Crippen molar-refractivity contribution < 1.29 is 14.3 Å². The molecule has 2 aliphatic heterocycles. The predicted octanol–water partition coefficient (Wildman–Crippen LogP) is 4.02. The molecule has 3 heterocycles. The Hall–Kier alpha value is -3.54. The minimum Gasteiger partial charge on any atom is -0.454 e. The van der Waals surface area contributed by atoms with Crippen molar-refractivity contribution >= 4 is 17.3 Å². The fraction of sp³-hybridized carbons (Fsp3) is 0.217. The molecule has 1 aromatic heterocycles. The first-order valence-electron chi connectivity index (χ1n) is 9.75. The van der Waals surface area contributed by atoms with Crippen LogP contribution in [0.2, 0.25) is 0 Å². The van der Waals surface area contributed by atoms with Crippen LogP contribution < -0.4 is 19.7 Å². The summed E-state index contributed by atoms with van der Waals surface area (Å²) in [5.41, 5.74) is 4.67. The molecule has 0 radical (unpaired) electrons. The second kappa shape index (κ2) is 7.47. The highest BCUT2D eigenvalue weighted by Crippen LogP contribution is 2.33. The molecule has 2 aliphatic rings. The minimum atomic E-state index is -0.0172. The van der Waals surface area contributed by atoms with Gasteiger partial charge in [-0.05, 0) is 48.2 Å². The van der Waals surface area contributed by atoms with E-state index >= 15 is 0 Å². The number of nitrogens with one attached hydrogen (secondary N) is 1. The monoisotopic (exact) mass is 387 g/mol. The zero-order valence-electron chi connectivity index (χ0n) is 15.9. The normalized spacial score (nSPS) is 14.4. The molecule has 0 unspecified atom stereocenters. The van der Waals surface area contributed by atoms with Crippen molar-refractivity contribution in [1.82, 2.24) is 4.98 Å². The summed E-state index contributed by atoms with van der Waals surface area (Å²) in [5.74, 6) is 1.51. The molecule has 0 aliphatic carbocycles. The van der Waals surface area contributed by atoms with Crippen LogP contribution in [0.3, 0.4) is 0 Å². The van der Waals surface area contributed by atoms with Gasteiger partial charge in [0.05, 0.1) is 11.3 Å².